The van der Waals surface area contributed by atoms with Crippen LogP contribution in [0.5, 0.6) is 0 Å². The normalized spacial score (nSPS) is 12.5. The number of carbonyl (C=O) groups is 1. The molecule has 0 saturated carbocycles. The van der Waals surface area contributed by atoms with Crippen LogP contribution in [0.1, 0.15) is 35.6 Å². The van der Waals surface area contributed by atoms with E-state index in [1.807, 2.05) is 63.2 Å². The van der Waals surface area contributed by atoms with Crippen molar-refractivity contribution in [3.63, 3.8) is 0 Å². The van der Waals surface area contributed by atoms with Crippen molar-refractivity contribution in [3.05, 3.63) is 101 Å². The molecule has 0 aliphatic carbocycles. The van der Waals surface area contributed by atoms with E-state index in [1.165, 1.54) is 9.87 Å². The maximum absolute atomic E-state index is 13.4. The third-order valence-electron chi connectivity index (χ3n) is 5.57. The first-order chi connectivity index (χ1) is 15.7. The van der Waals surface area contributed by atoms with Gasteiger partial charge in [-0.15, -0.1) is 0 Å². The van der Waals surface area contributed by atoms with Gasteiger partial charge in [-0.3, -0.25) is 4.79 Å². The molecule has 0 aromatic heterocycles. The van der Waals surface area contributed by atoms with Crippen LogP contribution in [0.4, 0.5) is 0 Å². The molecule has 0 bridgehead atoms. The third-order valence-corrected chi connectivity index (χ3v) is 7.38. The number of rotatable bonds is 10. The maximum Gasteiger partial charge on any atom is 0.243 e. The molecular weight excluding hydrogens is 432 g/mol. The molecule has 3 rings (SSSR count). The average Bonchev–Trinajstić information content (AvgIpc) is 2.79. The molecule has 0 unspecified atom stereocenters. The number of hydrogen-bond donors (Lipinski definition) is 1. The van der Waals surface area contributed by atoms with Gasteiger partial charge in [-0.25, -0.2) is 8.42 Å². The molecule has 0 aliphatic rings. The lowest BCUT2D eigenvalue weighted by Gasteiger charge is -2.23. The minimum Gasteiger partial charge on any atom is -0.352 e. The van der Waals surface area contributed by atoms with Crippen molar-refractivity contribution in [1.29, 1.82) is 0 Å². The van der Waals surface area contributed by atoms with E-state index in [-0.39, 0.29) is 29.9 Å². The molecule has 0 heterocycles. The maximum atomic E-state index is 13.4. The van der Waals surface area contributed by atoms with E-state index in [0.29, 0.717) is 0 Å². The largest absolute Gasteiger partial charge is 0.352 e. The number of nitrogens with zero attached hydrogens (tertiary/aromatic N) is 1. The Labute approximate surface area is 197 Å². The second-order valence-electron chi connectivity index (χ2n) is 8.56. The van der Waals surface area contributed by atoms with Crippen LogP contribution in [-0.2, 0) is 27.8 Å². The Morgan fingerprint density at radius 3 is 2.03 bits per heavy atom. The van der Waals surface area contributed by atoms with Gasteiger partial charge in [-0.05, 0) is 56.9 Å². The average molecular weight is 465 g/mol. The number of sulfonamides is 1. The molecule has 0 radical (unpaired) electrons. The summed E-state index contributed by atoms with van der Waals surface area (Å²) in [7, 11) is -3.84. The van der Waals surface area contributed by atoms with E-state index in [2.05, 4.69) is 17.4 Å². The molecule has 174 valence electrons. The van der Waals surface area contributed by atoms with Crippen molar-refractivity contribution >= 4 is 15.9 Å². The monoisotopic (exact) mass is 464 g/mol. The Morgan fingerprint density at radius 1 is 0.848 bits per heavy atom. The summed E-state index contributed by atoms with van der Waals surface area (Å²) in [5.41, 5.74) is 4.11. The fraction of sp³-hybridized carbons (Fsp3) is 0.296. The smallest absolute Gasteiger partial charge is 0.243 e. The van der Waals surface area contributed by atoms with E-state index >= 15 is 0 Å². The zero-order chi connectivity index (χ0) is 23.8. The zero-order valence-electron chi connectivity index (χ0n) is 19.5. The number of aryl methyl sites for hydroxylation is 3. The summed E-state index contributed by atoms with van der Waals surface area (Å²) >= 11 is 0. The Kier molecular flexibility index (Phi) is 8.42. The van der Waals surface area contributed by atoms with Crippen LogP contribution in [0.25, 0.3) is 0 Å². The molecular formula is C27H32N2O3S. The Hall–Kier alpha value is -2.96. The highest BCUT2D eigenvalue weighted by molar-refractivity contribution is 7.89. The van der Waals surface area contributed by atoms with Crippen molar-refractivity contribution in [3.8, 4) is 0 Å². The second-order valence-corrected chi connectivity index (χ2v) is 10.5. The molecule has 1 N–H and O–H groups in total. The molecule has 1 atom stereocenters. The van der Waals surface area contributed by atoms with E-state index in [9.17, 15) is 13.2 Å². The van der Waals surface area contributed by atoms with Gasteiger partial charge in [0.15, 0.2) is 0 Å². The molecule has 3 aromatic carbocycles. The molecule has 0 saturated heterocycles. The lowest BCUT2D eigenvalue weighted by atomic mass is 10.1. The van der Waals surface area contributed by atoms with Crippen molar-refractivity contribution in [2.24, 2.45) is 0 Å². The van der Waals surface area contributed by atoms with Gasteiger partial charge in [0.25, 0.3) is 0 Å². The minimum atomic E-state index is -3.84. The molecule has 0 spiro atoms. The van der Waals surface area contributed by atoms with E-state index in [4.69, 9.17) is 0 Å². The topological polar surface area (TPSA) is 66.5 Å². The minimum absolute atomic E-state index is 0.0685. The summed E-state index contributed by atoms with van der Waals surface area (Å²) < 4.78 is 28.0. The van der Waals surface area contributed by atoms with E-state index < -0.39 is 10.0 Å². The summed E-state index contributed by atoms with van der Waals surface area (Å²) in [5, 5.41) is 2.96. The first kappa shape index (κ1) is 24.7. The van der Waals surface area contributed by atoms with Gasteiger partial charge in [0, 0.05) is 12.6 Å². The van der Waals surface area contributed by atoms with Crippen LogP contribution in [0.2, 0.25) is 0 Å². The molecule has 6 heteroatoms. The van der Waals surface area contributed by atoms with Crippen LogP contribution in [0.3, 0.4) is 0 Å². The predicted molar refractivity (Wildman–Crippen MR) is 132 cm³/mol. The number of hydrogen-bond acceptors (Lipinski definition) is 3. The highest BCUT2D eigenvalue weighted by atomic mass is 32.2. The highest BCUT2D eigenvalue weighted by Gasteiger charge is 2.27. The second kappa shape index (κ2) is 11.3. The third kappa shape index (κ3) is 7.27. The van der Waals surface area contributed by atoms with Gasteiger partial charge < -0.3 is 5.32 Å². The van der Waals surface area contributed by atoms with Gasteiger partial charge in [-0.1, -0.05) is 77.9 Å². The highest BCUT2D eigenvalue weighted by Crippen LogP contribution is 2.19. The van der Waals surface area contributed by atoms with Gasteiger partial charge in [0.05, 0.1) is 11.4 Å². The van der Waals surface area contributed by atoms with Gasteiger partial charge in [0.1, 0.15) is 0 Å². The standard InChI is InChI=1S/C27H32N2O3S/c1-21-9-14-25(15-10-21)19-29(33(31,32)26-17-11-22(2)12-18-26)20-27(30)28-23(3)13-16-24-7-5-4-6-8-24/h4-12,14-15,17-18,23H,13,16,19-20H2,1-3H3,(H,28,30)/t23-/m0/s1. The lowest BCUT2D eigenvalue weighted by Crippen LogP contribution is -2.43. The quantitative estimate of drug-likeness (QED) is 0.476. The number of amides is 1. The van der Waals surface area contributed by atoms with Crippen LogP contribution in [0, 0.1) is 13.8 Å². The summed E-state index contributed by atoms with van der Waals surface area (Å²) in [6.45, 7) is 5.72. The summed E-state index contributed by atoms with van der Waals surface area (Å²) in [6.07, 6.45) is 1.62. The van der Waals surface area contributed by atoms with Crippen molar-refractivity contribution in [2.75, 3.05) is 6.54 Å². The molecule has 33 heavy (non-hydrogen) atoms. The van der Waals surface area contributed by atoms with Crippen molar-refractivity contribution < 1.29 is 13.2 Å². The molecule has 0 fully saturated rings. The van der Waals surface area contributed by atoms with Crippen LogP contribution in [-0.4, -0.2) is 31.2 Å². The fourth-order valence-electron chi connectivity index (χ4n) is 3.56. The molecule has 3 aromatic rings. The van der Waals surface area contributed by atoms with Gasteiger partial charge in [-0.2, -0.15) is 4.31 Å². The van der Waals surface area contributed by atoms with Crippen LogP contribution >= 0.6 is 0 Å². The molecule has 5 nitrogen and oxygen atoms in total. The van der Waals surface area contributed by atoms with Crippen LogP contribution < -0.4 is 5.32 Å². The molecule has 1 amide bonds. The Balaban J connectivity index is 1.72. The molecule has 0 aliphatic heterocycles. The summed E-state index contributed by atoms with van der Waals surface area (Å²) in [5.74, 6) is -0.307. The van der Waals surface area contributed by atoms with Gasteiger partial charge >= 0.3 is 0 Å². The first-order valence-electron chi connectivity index (χ1n) is 11.2. The zero-order valence-corrected chi connectivity index (χ0v) is 20.3. The fourth-order valence-corrected chi connectivity index (χ4v) is 4.95. The van der Waals surface area contributed by atoms with Gasteiger partial charge in [0.2, 0.25) is 15.9 Å². The van der Waals surface area contributed by atoms with Crippen molar-refractivity contribution in [1.82, 2.24) is 9.62 Å². The first-order valence-corrected chi connectivity index (χ1v) is 12.6. The lowest BCUT2D eigenvalue weighted by molar-refractivity contribution is -0.122. The number of carbonyl (C=O) groups excluding carboxylic acids is 1. The summed E-state index contributed by atoms with van der Waals surface area (Å²) in [6, 6.07) is 24.4. The van der Waals surface area contributed by atoms with Crippen LogP contribution in [0.15, 0.2) is 83.8 Å². The summed E-state index contributed by atoms with van der Waals surface area (Å²) in [4.78, 5) is 13.0. The SMILES string of the molecule is Cc1ccc(CN(CC(=O)N[C@@H](C)CCc2ccccc2)S(=O)(=O)c2ccc(C)cc2)cc1. The van der Waals surface area contributed by atoms with E-state index in [0.717, 1.165) is 29.5 Å². The number of nitrogens with one attached hydrogen (secondary N) is 1. The Bertz CT molecular complexity index is 1140. The predicted octanol–water partition coefficient (Wildman–Crippen LogP) is 4.63. The Morgan fingerprint density at radius 2 is 1.42 bits per heavy atom. The van der Waals surface area contributed by atoms with Crippen molar-refractivity contribution in [2.45, 2.75) is 51.1 Å². The van der Waals surface area contributed by atoms with E-state index in [1.54, 1.807) is 24.3 Å². The number of benzene rings is 3.